The number of unbranched alkanes of at least 4 members (excludes halogenated alkanes) is 1. The molecule has 0 unspecified atom stereocenters. The molecule has 0 atom stereocenters. The predicted molar refractivity (Wildman–Crippen MR) is 116 cm³/mol. The number of benzene rings is 1. The molecule has 148 valence electrons. The average molecular weight is 486 g/mol. The van der Waals surface area contributed by atoms with Crippen LogP contribution in [-0.4, -0.2) is 40.4 Å². The molecule has 1 aromatic carbocycles. The van der Waals surface area contributed by atoms with Crippen molar-refractivity contribution in [3.05, 3.63) is 48.3 Å². The maximum atomic E-state index is 14.1. The van der Waals surface area contributed by atoms with Gasteiger partial charge >= 0.3 is 0 Å². The first-order chi connectivity index (χ1) is 12.7. The molecule has 0 radical (unpaired) electrons. The van der Waals surface area contributed by atoms with Crippen molar-refractivity contribution < 1.29 is 4.39 Å². The first kappa shape index (κ1) is 21.6. The molecule has 1 aliphatic carbocycles. The second kappa shape index (κ2) is 10.6. The van der Waals surface area contributed by atoms with Crippen molar-refractivity contribution in [2.75, 3.05) is 19.6 Å². The highest BCUT2D eigenvalue weighted by Crippen LogP contribution is 2.49. The molecule has 27 heavy (non-hydrogen) atoms. The lowest BCUT2D eigenvalue weighted by atomic mass is 9.95. The summed E-state index contributed by atoms with van der Waals surface area (Å²) in [6, 6.07) is 7.08. The third-order valence-corrected chi connectivity index (χ3v) is 4.78. The van der Waals surface area contributed by atoms with Crippen LogP contribution in [-0.2, 0) is 12.0 Å². The van der Waals surface area contributed by atoms with Crippen LogP contribution in [0.4, 0.5) is 4.39 Å². The van der Waals surface area contributed by atoms with Crippen molar-refractivity contribution >= 4 is 29.9 Å². The van der Waals surface area contributed by atoms with Crippen LogP contribution in [0.15, 0.2) is 41.9 Å². The number of hydrogen-bond acceptors (Lipinski definition) is 3. The third kappa shape index (κ3) is 6.15. The van der Waals surface area contributed by atoms with Gasteiger partial charge in [0.15, 0.2) is 5.96 Å². The lowest BCUT2D eigenvalue weighted by Gasteiger charge is -2.16. The van der Waals surface area contributed by atoms with Crippen molar-refractivity contribution in [2.24, 2.45) is 4.99 Å². The zero-order valence-corrected chi connectivity index (χ0v) is 18.0. The van der Waals surface area contributed by atoms with E-state index in [9.17, 15) is 4.39 Å². The number of nitrogens with zero attached hydrogens (tertiary/aromatic N) is 4. The van der Waals surface area contributed by atoms with Gasteiger partial charge < -0.3 is 15.2 Å². The molecule has 0 amide bonds. The van der Waals surface area contributed by atoms with Crippen LogP contribution in [0.25, 0.3) is 0 Å². The van der Waals surface area contributed by atoms with Crippen LogP contribution < -0.4 is 10.6 Å². The minimum Gasteiger partial charge on any atom is -0.357 e. The third-order valence-electron chi connectivity index (χ3n) is 4.78. The van der Waals surface area contributed by atoms with Crippen LogP contribution in [0, 0.1) is 5.82 Å². The molecule has 0 spiro atoms. The zero-order chi connectivity index (χ0) is 18.2. The molecular weight excluding hydrogens is 458 g/mol. The summed E-state index contributed by atoms with van der Waals surface area (Å²) >= 11 is 0. The van der Waals surface area contributed by atoms with Crippen molar-refractivity contribution in [2.45, 2.75) is 44.6 Å². The van der Waals surface area contributed by atoms with E-state index in [1.807, 2.05) is 23.6 Å². The highest BCUT2D eigenvalue weighted by molar-refractivity contribution is 14.0. The molecule has 1 aliphatic rings. The van der Waals surface area contributed by atoms with Crippen LogP contribution >= 0.6 is 24.0 Å². The second-order valence-corrected chi connectivity index (χ2v) is 6.79. The maximum absolute atomic E-state index is 14.1. The van der Waals surface area contributed by atoms with E-state index in [4.69, 9.17) is 4.99 Å². The fourth-order valence-corrected chi connectivity index (χ4v) is 3.09. The number of nitrogens with one attached hydrogen (secondary N) is 2. The van der Waals surface area contributed by atoms with Crippen LogP contribution in [0.1, 0.15) is 38.2 Å². The standard InChI is InChI=1S/C19H27FN6.HI/c1-2-21-18(22-11-5-6-12-26-14-24-25-15-26)23-13-19(9-10-19)16-7-3-4-8-17(16)20;/h3-4,7-8,14-15H,2,5-6,9-13H2,1H3,(H2,21,22,23);1H. The first-order valence-corrected chi connectivity index (χ1v) is 9.33. The van der Waals surface area contributed by atoms with Gasteiger partial charge in [-0.25, -0.2) is 4.39 Å². The van der Waals surface area contributed by atoms with E-state index in [0.717, 1.165) is 56.8 Å². The Morgan fingerprint density at radius 1 is 1.19 bits per heavy atom. The van der Waals surface area contributed by atoms with Crippen molar-refractivity contribution in [1.29, 1.82) is 0 Å². The highest BCUT2D eigenvalue weighted by atomic mass is 127. The molecule has 0 bridgehead atoms. The Bertz CT molecular complexity index is 715. The monoisotopic (exact) mass is 486 g/mol. The highest BCUT2D eigenvalue weighted by Gasteiger charge is 2.45. The maximum Gasteiger partial charge on any atom is 0.191 e. The fourth-order valence-electron chi connectivity index (χ4n) is 3.09. The first-order valence-electron chi connectivity index (χ1n) is 9.33. The molecule has 3 rings (SSSR count). The van der Waals surface area contributed by atoms with E-state index in [2.05, 4.69) is 20.8 Å². The summed E-state index contributed by atoms with van der Waals surface area (Å²) in [6.07, 6.45) is 7.53. The Morgan fingerprint density at radius 2 is 1.93 bits per heavy atom. The minimum absolute atomic E-state index is 0. The number of hydrogen-bond donors (Lipinski definition) is 2. The van der Waals surface area contributed by atoms with Gasteiger partial charge in [-0.2, -0.15) is 0 Å². The van der Waals surface area contributed by atoms with Crippen molar-refractivity contribution in [1.82, 2.24) is 25.4 Å². The smallest absolute Gasteiger partial charge is 0.191 e. The molecule has 2 N–H and O–H groups in total. The van der Waals surface area contributed by atoms with E-state index < -0.39 is 0 Å². The Labute approximate surface area is 177 Å². The summed E-state index contributed by atoms with van der Waals surface area (Å²) in [7, 11) is 0. The van der Waals surface area contributed by atoms with E-state index in [0.29, 0.717) is 6.54 Å². The fraction of sp³-hybridized carbons (Fsp3) is 0.526. The normalized spacial score (nSPS) is 15.1. The van der Waals surface area contributed by atoms with Gasteiger partial charge in [-0.1, -0.05) is 18.2 Å². The molecule has 1 saturated carbocycles. The molecule has 8 heteroatoms. The number of aryl methyl sites for hydroxylation is 1. The molecule has 6 nitrogen and oxygen atoms in total. The Hall–Kier alpha value is -1.71. The van der Waals surface area contributed by atoms with Gasteiger partial charge in [-0.05, 0) is 44.2 Å². The van der Waals surface area contributed by atoms with Crippen LogP contribution in [0.2, 0.25) is 0 Å². The quantitative estimate of drug-likeness (QED) is 0.248. The van der Waals surface area contributed by atoms with Gasteiger partial charge in [0.25, 0.3) is 0 Å². The second-order valence-electron chi connectivity index (χ2n) is 6.79. The van der Waals surface area contributed by atoms with Crippen LogP contribution in [0.3, 0.4) is 0 Å². The number of aliphatic imine (C=N–C) groups is 1. The summed E-state index contributed by atoms with van der Waals surface area (Å²) in [5.41, 5.74) is 0.677. The van der Waals surface area contributed by atoms with Crippen molar-refractivity contribution in [3.8, 4) is 0 Å². The van der Waals surface area contributed by atoms with Crippen LogP contribution in [0.5, 0.6) is 0 Å². The van der Waals surface area contributed by atoms with Gasteiger partial charge in [0.05, 0.1) is 6.54 Å². The Kier molecular flexibility index (Phi) is 8.46. The molecule has 1 fully saturated rings. The van der Waals surface area contributed by atoms with E-state index in [1.165, 1.54) is 0 Å². The van der Waals surface area contributed by atoms with E-state index in [1.54, 1.807) is 24.8 Å². The van der Waals surface area contributed by atoms with Gasteiger partial charge in [-0.3, -0.25) is 4.99 Å². The largest absolute Gasteiger partial charge is 0.357 e. The number of rotatable bonds is 9. The van der Waals surface area contributed by atoms with Gasteiger partial charge in [0.2, 0.25) is 0 Å². The number of guanidine groups is 1. The molecule has 2 aromatic rings. The Balaban J connectivity index is 0.00000261. The molecule has 0 saturated heterocycles. The average Bonchev–Trinajstić information content (AvgIpc) is 3.25. The summed E-state index contributed by atoms with van der Waals surface area (Å²) in [6.45, 7) is 5.23. The topological polar surface area (TPSA) is 67.1 Å². The zero-order valence-electron chi connectivity index (χ0n) is 15.7. The minimum atomic E-state index is -0.123. The lowest BCUT2D eigenvalue weighted by Crippen LogP contribution is -2.38. The molecule has 1 aromatic heterocycles. The van der Waals surface area contributed by atoms with Gasteiger partial charge in [0.1, 0.15) is 18.5 Å². The summed E-state index contributed by atoms with van der Waals surface area (Å²) in [5.74, 6) is 0.687. The SMILES string of the molecule is CCNC(=NCC1(c2ccccc2F)CC1)NCCCCn1cnnc1.I. The van der Waals surface area contributed by atoms with E-state index >= 15 is 0 Å². The number of aromatic nitrogens is 3. The predicted octanol–water partition coefficient (Wildman–Crippen LogP) is 3.10. The summed E-state index contributed by atoms with van der Waals surface area (Å²) in [4.78, 5) is 4.72. The molecule has 0 aliphatic heterocycles. The number of halogens is 2. The van der Waals surface area contributed by atoms with Gasteiger partial charge in [0, 0.05) is 25.0 Å². The molecular formula is C19H28FIN6. The lowest BCUT2D eigenvalue weighted by molar-refractivity contribution is 0.571. The van der Waals surface area contributed by atoms with Crippen molar-refractivity contribution in [3.63, 3.8) is 0 Å². The summed E-state index contributed by atoms with van der Waals surface area (Å²) < 4.78 is 16.1. The Morgan fingerprint density at radius 3 is 2.59 bits per heavy atom. The van der Waals surface area contributed by atoms with E-state index in [-0.39, 0.29) is 35.2 Å². The summed E-state index contributed by atoms with van der Waals surface area (Å²) in [5, 5.41) is 14.2. The molecule has 1 heterocycles. The van der Waals surface area contributed by atoms with Gasteiger partial charge in [-0.15, -0.1) is 34.2 Å².